The van der Waals surface area contributed by atoms with Crippen molar-refractivity contribution in [2.75, 3.05) is 25.0 Å². The monoisotopic (exact) mass is 291 g/mol. The van der Waals surface area contributed by atoms with Crippen LogP contribution in [0.4, 0.5) is 5.69 Å². The molecule has 0 unspecified atom stereocenters. The first-order valence-corrected chi connectivity index (χ1v) is 7.49. The molecular formula is C15H21N3OS. The molecule has 0 atom stereocenters. The Hall–Kier alpha value is -1.62. The van der Waals surface area contributed by atoms with Crippen LogP contribution >= 0.6 is 12.2 Å². The number of nitrogens with one attached hydrogen (secondary N) is 1. The molecule has 2 rings (SSSR count). The molecule has 0 bridgehead atoms. The lowest BCUT2D eigenvalue weighted by Crippen LogP contribution is -2.36. The zero-order valence-corrected chi connectivity index (χ0v) is 12.4. The number of thiocarbonyl (C=S) groups is 1. The minimum absolute atomic E-state index is 0.247. The summed E-state index contributed by atoms with van der Waals surface area (Å²) in [6, 6.07) is 7.63. The van der Waals surface area contributed by atoms with Gasteiger partial charge in [0.15, 0.2) is 0 Å². The van der Waals surface area contributed by atoms with Crippen molar-refractivity contribution in [2.45, 2.75) is 25.7 Å². The fraction of sp³-hybridized carbons (Fsp3) is 0.467. The van der Waals surface area contributed by atoms with E-state index in [0.29, 0.717) is 18.0 Å². The number of hydrogen-bond donors (Lipinski definition) is 2. The number of hydrogen-bond acceptors (Lipinski definition) is 3. The highest BCUT2D eigenvalue weighted by molar-refractivity contribution is 7.80. The Kier molecular flexibility index (Phi) is 5.35. The fourth-order valence-electron chi connectivity index (χ4n) is 2.37. The quantitative estimate of drug-likeness (QED) is 0.816. The molecule has 1 heterocycles. The van der Waals surface area contributed by atoms with Crippen molar-refractivity contribution in [1.29, 1.82) is 0 Å². The molecule has 1 fully saturated rings. The largest absolute Gasteiger partial charge is 0.389 e. The topological polar surface area (TPSA) is 58.4 Å². The van der Waals surface area contributed by atoms with Crippen LogP contribution in [0.15, 0.2) is 24.3 Å². The maximum atomic E-state index is 12.0. The number of carbonyl (C=O) groups excluding carboxylic acids is 1. The predicted molar refractivity (Wildman–Crippen MR) is 85.9 cm³/mol. The van der Waals surface area contributed by atoms with Gasteiger partial charge in [-0.2, -0.15) is 0 Å². The first kappa shape index (κ1) is 14.8. The lowest BCUT2D eigenvalue weighted by atomic mass is 10.1. The molecule has 0 radical (unpaired) electrons. The summed E-state index contributed by atoms with van der Waals surface area (Å²) >= 11 is 4.91. The maximum absolute atomic E-state index is 12.0. The van der Waals surface area contributed by atoms with E-state index in [9.17, 15) is 4.79 Å². The molecule has 1 saturated heterocycles. The summed E-state index contributed by atoms with van der Waals surface area (Å²) in [5.74, 6) is 0.247. The summed E-state index contributed by atoms with van der Waals surface area (Å²) < 4.78 is 0. The van der Waals surface area contributed by atoms with E-state index in [1.54, 1.807) is 0 Å². The number of likely N-dealkylation sites (tertiary alicyclic amines) is 1. The van der Waals surface area contributed by atoms with Crippen molar-refractivity contribution < 1.29 is 4.79 Å². The van der Waals surface area contributed by atoms with E-state index < -0.39 is 0 Å². The second-order valence-corrected chi connectivity index (χ2v) is 5.50. The minimum Gasteiger partial charge on any atom is -0.389 e. The first-order chi connectivity index (χ1) is 9.66. The average molecular weight is 291 g/mol. The number of benzene rings is 1. The van der Waals surface area contributed by atoms with Crippen LogP contribution < -0.4 is 11.1 Å². The minimum atomic E-state index is 0.247. The van der Waals surface area contributed by atoms with Gasteiger partial charge in [-0.15, -0.1) is 0 Å². The van der Waals surface area contributed by atoms with Crippen LogP contribution in [0.2, 0.25) is 0 Å². The molecule has 5 heteroatoms. The van der Waals surface area contributed by atoms with Gasteiger partial charge >= 0.3 is 0 Å². The van der Waals surface area contributed by atoms with Gasteiger partial charge in [-0.05, 0) is 43.5 Å². The zero-order chi connectivity index (χ0) is 14.4. The van der Waals surface area contributed by atoms with Gasteiger partial charge in [0, 0.05) is 37.3 Å². The van der Waals surface area contributed by atoms with Crippen LogP contribution in [0.1, 0.15) is 31.2 Å². The van der Waals surface area contributed by atoms with E-state index >= 15 is 0 Å². The third kappa shape index (κ3) is 4.20. The van der Waals surface area contributed by atoms with Crippen molar-refractivity contribution in [3.8, 4) is 0 Å². The summed E-state index contributed by atoms with van der Waals surface area (Å²) in [5.41, 5.74) is 7.39. The molecule has 1 aliphatic heterocycles. The van der Waals surface area contributed by atoms with E-state index in [0.717, 1.165) is 37.2 Å². The second kappa shape index (κ2) is 7.24. The number of piperidine rings is 1. The third-order valence-electron chi connectivity index (χ3n) is 3.55. The van der Waals surface area contributed by atoms with Crippen LogP contribution in [0.3, 0.4) is 0 Å². The van der Waals surface area contributed by atoms with Gasteiger partial charge in [-0.1, -0.05) is 12.2 Å². The summed E-state index contributed by atoms with van der Waals surface area (Å²) in [7, 11) is 0. The summed E-state index contributed by atoms with van der Waals surface area (Å²) in [5, 5.41) is 3.25. The highest BCUT2D eigenvalue weighted by atomic mass is 32.1. The molecule has 0 saturated carbocycles. The van der Waals surface area contributed by atoms with Crippen LogP contribution in [0.5, 0.6) is 0 Å². The van der Waals surface area contributed by atoms with E-state index in [2.05, 4.69) is 5.32 Å². The zero-order valence-electron chi connectivity index (χ0n) is 11.6. The van der Waals surface area contributed by atoms with Crippen molar-refractivity contribution >= 4 is 28.8 Å². The summed E-state index contributed by atoms with van der Waals surface area (Å²) in [6.45, 7) is 2.49. The first-order valence-electron chi connectivity index (χ1n) is 7.08. The Labute approximate surface area is 125 Å². The molecular weight excluding hydrogens is 270 g/mol. The number of anilines is 1. The van der Waals surface area contributed by atoms with Gasteiger partial charge in [0.1, 0.15) is 4.99 Å². The van der Waals surface area contributed by atoms with Gasteiger partial charge in [-0.25, -0.2) is 0 Å². The van der Waals surface area contributed by atoms with Gasteiger partial charge in [0.2, 0.25) is 5.91 Å². The smallest absolute Gasteiger partial charge is 0.224 e. The Morgan fingerprint density at radius 1 is 1.20 bits per heavy atom. The molecule has 3 N–H and O–H groups in total. The Morgan fingerprint density at radius 3 is 2.45 bits per heavy atom. The maximum Gasteiger partial charge on any atom is 0.224 e. The SMILES string of the molecule is NC(=S)c1ccc(NCCC(=O)N2CCCCC2)cc1. The van der Waals surface area contributed by atoms with E-state index in [1.807, 2.05) is 29.2 Å². The molecule has 1 amide bonds. The normalized spacial score (nSPS) is 14.9. The number of amides is 1. The van der Waals surface area contributed by atoms with Gasteiger partial charge in [0.05, 0.1) is 0 Å². The molecule has 20 heavy (non-hydrogen) atoms. The number of carbonyl (C=O) groups is 1. The van der Waals surface area contributed by atoms with Crippen LogP contribution in [0, 0.1) is 0 Å². The van der Waals surface area contributed by atoms with Gasteiger partial charge in [0.25, 0.3) is 0 Å². The lowest BCUT2D eigenvalue weighted by molar-refractivity contribution is -0.131. The summed E-state index contributed by atoms with van der Waals surface area (Å²) in [6.07, 6.45) is 4.06. The van der Waals surface area contributed by atoms with E-state index in [1.165, 1.54) is 6.42 Å². The van der Waals surface area contributed by atoms with Crippen LogP contribution in [-0.4, -0.2) is 35.4 Å². The molecule has 4 nitrogen and oxygen atoms in total. The Bertz CT molecular complexity index is 467. The fourth-order valence-corrected chi connectivity index (χ4v) is 2.50. The number of rotatable bonds is 5. The van der Waals surface area contributed by atoms with Crippen LogP contribution in [0.25, 0.3) is 0 Å². The third-order valence-corrected chi connectivity index (χ3v) is 3.78. The Balaban J connectivity index is 1.74. The summed E-state index contributed by atoms with van der Waals surface area (Å²) in [4.78, 5) is 14.4. The number of nitrogens with two attached hydrogens (primary N) is 1. The lowest BCUT2D eigenvalue weighted by Gasteiger charge is -2.26. The van der Waals surface area contributed by atoms with E-state index in [4.69, 9.17) is 18.0 Å². The molecule has 0 aliphatic carbocycles. The average Bonchev–Trinajstić information content (AvgIpc) is 2.48. The molecule has 0 spiro atoms. The van der Waals surface area contributed by atoms with Crippen molar-refractivity contribution in [2.24, 2.45) is 5.73 Å². The highest BCUT2D eigenvalue weighted by Crippen LogP contribution is 2.11. The molecule has 1 aromatic rings. The van der Waals surface area contributed by atoms with Crippen LogP contribution in [-0.2, 0) is 4.79 Å². The van der Waals surface area contributed by atoms with Gasteiger partial charge in [-0.3, -0.25) is 4.79 Å². The highest BCUT2D eigenvalue weighted by Gasteiger charge is 2.15. The standard InChI is InChI=1S/C15H21N3OS/c16-15(20)12-4-6-13(7-5-12)17-9-8-14(19)18-10-2-1-3-11-18/h4-7,17H,1-3,8-11H2,(H2,16,20). The van der Waals surface area contributed by atoms with Crippen molar-refractivity contribution in [3.63, 3.8) is 0 Å². The predicted octanol–water partition coefficient (Wildman–Crippen LogP) is 2.14. The van der Waals surface area contributed by atoms with Gasteiger partial charge < -0.3 is 16.0 Å². The van der Waals surface area contributed by atoms with E-state index in [-0.39, 0.29) is 5.91 Å². The molecule has 108 valence electrons. The Morgan fingerprint density at radius 2 is 1.85 bits per heavy atom. The molecule has 1 aromatic carbocycles. The van der Waals surface area contributed by atoms with Crippen molar-refractivity contribution in [1.82, 2.24) is 4.90 Å². The second-order valence-electron chi connectivity index (χ2n) is 5.06. The number of nitrogens with zero attached hydrogens (tertiary/aromatic N) is 1. The molecule has 1 aliphatic rings. The molecule has 0 aromatic heterocycles. The van der Waals surface area contributed by atoms with Crippen molar-refractivity contribution in [3.05, 3.63) is 29.8 Å².